The van der Waals surface area contributed by atoms with Crippen LogP contribution in [-0.4, -0.2) is 44.3 Å². The minimum Gasteiger partial charge on any atom is -0.355 e. The Balaban J connectivity index is 1.79. The van der Waals surface area contributed by atoms with Gasteiger partial charge in [0.05, 0.1) is 10.6 Å². The van der Waals surface area contributed by atoms with Crippen molar-refractivity contribution in [2.24, 2.45) is 0 Å². The van der Waals surface area contributed by atoms with Crippen LogP contribution < -0.4 is 9.62 Å². The zero-order valence-electron chi connectivity index (χ0n) is 24.2. The van der Waals surface area contributed by atoms with Gasteiger partial charge in [-0.2, -0.15) is 0 Å². The molecule has 0 aliphatic heterocycles. The number of rotatable bonds is 12. The average Bonchev–Trinajstić information content (AvgIpc) is 2.98. The van der Waals surface area contributed by atoms with Crippen molar-refractivity contribution in [2.45, 2.75) is 44.7 Å². The first-order valence-corrected chi connectivity index (χ1v) is 15.4. The summed E-state index contributed by atoms with van der Waals surface area (Å²) in [7, 11) is -4.11. The highest BCUT2D eigenvalue weighted by Crippen LogP contribution is 2.26. The fourth-order valence-corrected chi connectivity index (χ4v) is 6.31. The summed E-state index contributed by atoms with van der Waals surface area (Å²) in [6, 6.07) is 31.5. The fourth-order valence-electron chi connectivity index (χ4n) is 4.88. The van der Waals surface area contributed by atoms with E-state index >= 15 is 0 Å². The van der Waals surface area contributed by atoms with Gasteiger partial charge in [-0.25, -0.2) is 8.42 Å². The molecule has 218 valence electrons. The van der Waals surface area contributed by atoms with E-state index < -0.39 is 28.5 Å². The van der Waals surface area contributed by atoms with E-state index in [0.29, 0.717) is 12.2 Å². The van der Waals surface area contributed by atoms with Gasteiger partial charge in [0.2, 0.25) is 11.8 Å². The maximum absolute atomic E-state index is 14.4. The molecule has 0 heterocycles. The molecular weight excluding hydrogens is 546 g/mol. The molecule has 42 heavy (non-hydrogen) atoms. The van der Waals surface area contributed by atoms with Crippen molar-refractivity contribution < 1.29 is 18.0 Å². The molecule has 0 bridgehead atoms. The second-order valence-corrected chi connectivity index (χ2v) is 12.1. The Labute approximate surface area is 248 Å². The molecule has 0 aliphatic carbocycles. The van der Waals surface area contributed by atoms with E-state index in [1.54, 1.807) is 36.4 Å². The van der Waals surface area contributed by atoms with Gasteiger partial charge in [-0.3, -0.25) is 13.9 Å². The lowest BCUT2D eigenvalue weighted by atomic mass is 10.0. The van der Waals surface area contributed by atoms with E-state index in [-0.39, 0.29) is 23.8 Å². The lowest BCUT2D eigenvalue weighted by Crippen LogP contribution is -2.53. The highest BCUT2D eigenvalue weighted by molar-refractivity contribution is 7.92. The molecule has 0 saturated heterocycles. The molecule has 0 aromatic heterocycles. The Morgan fingerprint density at radius 1 is 0.762 bits per heavy atom. The van der Waals surface area contributed by atoms with Gasteiger partial charge in [-0.05, 0) is 61.7 Å². The maximum Gasteiger partial charge on any atom is 0.264 e. The van der Waals surface area contributed by atoms with Crippen LogP contribution in [-0.2, 0) is 32.6 Å². The number of likely N-dealkylation sites (N-methyl/N-ethyl adjacent to an activating group) is 1. The molecule has 7 nitrogen and oxygen atoms in total. The molecule has 0 spiro atoms. The third kappa shape index (κ3) is 7.64. The number of amides is 2. The van der Waals surface area contributed by atoms with Gasteiger partial charge in [-0.1, -0.05) is 90.5 Å². The first-order chi connectivity index (χ1) is 20.2. The largest absolute Gasteiger partial charge is 0.355 e. The smallest absolute Gasteiger partial charge is 0.264 e. The molecule has 2 amide bonds. The van der Waals surface area contributed by atoms with E-state index in [2.05, 4.69) is 5.32 Å². The molecular formula is C34H37N3O4S. The first-order valence-electron chi connectivity index (χ1n) is 14.0. The van der Waals surface area contributed by atoms with Gasteiger partial charge >= 0.3 is 0 Å². The molecule has 4 aromatic rings. The van der Waals surface area contributed by atoms with Crippen molar-refractivity contribution in [1.82, 2.24) is 10.2 Å². The van der Waals surface area contributed by atoms with E-state index in [1.807, 2.05) is 81.4 Å². The van der Waals surface area contributed by atoms with Gasteiger partial charge in [0.25, 0.3) is 10.0 Å². The van der Waals surface area contributed by atoms with Crippen LogP contribution in [0.1, 0.15) is 29.2 Å². The number of hydrogen-bond donors (Lipinski definition) is 1. The minimum atomic E-state index is -4.11. The summed E-state index contributed by atoms with van der Waals surface area (Å²) in [5.74, 6) is -0.778. The normalized spacial score (nSPS) is 11.9. The van der Waals surface area contributed by atoms with Crippen LogP contribution in [0.5, 0.6) is 0 Å². The van der Waals surface area contributed by atoms with Crippen LogP contribution in [0.4, 0.5) is 5.69 Å². The van der Waals surface area contributed by atoms with Gasteiger partial charge in [0, 0.05) is 19.5 Å². The van der Waals surface area contributed by atoms with Crippen LogP contribution in [0.3, 0.4) is 0 Å². The second-order valence-electron chi connectivity index (χ2n) is 10.3. The lowest BCUT2D eigenvalue weighted by Gasteiger charge is -2.34. The Morgan fingerprint density at radius 2 is 1.36 bits per heavy atom. The van der Waals surface area contributed by atoms with Crippen LogP contribution in [0.25, 0.3) is 0 Å². The number of sulfonamides is 1. The summed E-state index contributed by atoms with van der Waals surface area (Å²) in [4.78, 5) is 29.5. The third-order valence-electron chi connectivity index (χ3n) is 6.96. The predicted molar refractivity (Wildman–Crippen MR) is 166 cm³/mol. The number of carbonyl (C=O) groups excluding carboxylic acids is 2. The average molecular weight is 584 g/mol. The van der Waals surface area contributed by atoms with Crippen molar-refractivity contribution in [3.05, 3.63) is 131 Å². The SMILES string of the molecule is CCNC(=O)[C@H](Cc1ccccc1)N(Cc1cccc(C)c1)C(=O)CN(c1cccc(C)c1)S(=O)(=O)c1ccccc1. The highest BCUT2D eigenvalue weighted by Gasteiger charge is 2.34. The lowest BCUT2D eigenvalue weighted by molar-refractivity contribution is -0.140. The zero-order valence-corrected chi connectivity index (χ0v) is 25.1. The Morgan fingerprint density at radius 3 is 1.98 bits per heavy atom. The summed E-state index contributed by atoms with van der Waals surface area (Å²) >= 11 is 0. The van der Waals surface area contributed by atoms with E-state index in [4.69, 9.17) is 0 Å². The van der Waals surface area contributed by atoms with Crippen molar-refractivity contribution in [3.8, 4) is 0 Å². The van der Waals surface area contributed by atoms with Crippen LogP contribution in [0.15, 0.2) is 114 Å². The first kappa shape index (κ1) is 30.5. The van der Waals surface area contributed by atoms with Gasteiger partial charge < -0.3 is 10.2 Å². The number of carbonyl (C=O) groups is 2. The third-order valence-corrected chi connectivity index (χ3v) is 8.75. The number of nitrogens with one attached hydrogen (secondary N) is 1. The Bertz CT molecular complexity index is 1610. The summed E-state index contributed by atoms with van der Waals surface area (Å²) in [5, 5.41) is 2.88. The summed E-state index contributed by atoms with van der Waals surface area (Å²) < 4.78 is 29.1. The number of aryl methyl sites for hydroxylation is 2. The molecule has 0 radical (unpaired) electrons. The fraction of sp³-hybridized carbons (Fsp3) is 0.235. The summed E-state index contributed by atoms with van der Waals surface area (Å²) in [6.45, 7) is 5.73. The maximum atomic E-state index is 14.4. The molecule has 0 saturated carbocycles. The molecule has 0 fully saturated rings. The van der Waals surface area contributed by atoms with Crippen LogP contribution >= 0.6 is 0 Å². The van der Waals surface area contributed by atoms with Crippen molar-refractivity contribution in [3.63, 3.8) is 0 Å². The van der Waals surface area contributed by atoms with E-state index in [1.165, 1.54) is 17.0 Å². The van der Waals surface area contributed by atoms with Crippen molar-refractivity contribution >= 4 is 27.5 Å². The topological polar surface area (TPSA) is 86.8 Å². The van der Waals surface area contributed by atoms with Crippen LogP contribution in [0, 0.1) is 13.8 Å². The molecule has 0 unspecified atom stereocenters. The van der Waals surface area contributed by atoms with Crippen molar-refractivity contribution in [1.29, 1.82) is 0 Å². The molecule has 0 aliphatic rings. The van der Waals surface area contributed by atoms with Gasteiger partial charge in [0.15, 0.2) is 0 Å². The Hall–Kier alpha value is -4.43. The van der Waals surface area contributed by atoms with E-state index in [0.717, 1.165) is 26.6 Å². The molecule has 1 N–H and O–H groups in total. The zero-order chi connectivity index (χ0) is 30.1. The second kappa shape index (κ2) is 14.0. The quantitative estimate of drug-likeness (QED) is 0.246. The number of hydrogen-bond acceptors (Lipinski definition) is 4. The number of nitrogens with zero attached hydrogens (tertiary/aromatic N) is 2. The number of anilines is 1. The standard InChI is InChI=1S/C34H37N3O4S/c1-4-35-34(39)32(23-28-15-7-5-8-16-28)36(24-29-17-11-13-26(2)21-29)33(38)25-37(30-18-12-14-27(3)22-30)42(40,41)31-19-9-6-10-20-31/h5-22,32H,4,23-25H2,1-3H3,(H,35,39)/t32-/m0/s1. The highest BCUT2D eigenvalue weighted by atomic mass is 32.2. The Kier molecular flexibility index (Phi) is 10.1. The van der Waals surface area contributed by atoms with E-state index in [9.17, 15) is 18.0 Å². The minimum absolute atomic E-state index is 0.0779. The molecule has 1 atom stereocenters. The van der Waals surface area contributed by atoms with Gasteiger partial charge in [-0.15, -0.1) is 0 Å². The van der Waals surface area contributed by atoms with Crippen LogP contribution in [0.2, 0.25) is 0 Å². The number of benzene rings is 4. The summed E-state index contributed by atoms with van der Waals surface area (Å²) in [5.41, 5.74) is 3.99. The molecule has 4 aromatic carbocycles. The molecule has 8 heteroatoms. The van der Waals surface area contributed by atoms with Gasteiger partial charge in [0.1, 0.15) is 12.6 Å². The summed E-state index contributed by atoms with van der Waals surface area (Å²) in [6.07, 6.45) is 0.278. The monoisotopic (exact) mass is 583 g/mol. The molecule has 4 rings (SSSR count). The predicted octanol–water partition coefficient (Wildman–Crippen LogP) is 5.27. The van der Waals surface area contributed by atoms with Crippen molar-refractivity contribution in [2.75, 3.05) is 17.4 Å².